The van der Waals surface area contributed by atoms with Crippen LogP contribution < -0.4 is 5.32 Å². The highest BCUT2D eigenvalue weighted by atomic mass is 32.2. The van der Waals surface area contributed by atoms with Crippen LogP contribution in [-0.4, -0.2) is 12.3 Å². The van der Waals surface area contributed by atoms with Crippen LogP contribution in [0.1, 0.15) is 31.7 Å². The third-order valence-electron chi connectivity index (χ3n) is 3.31. The van der Waals surface area contributed by atoms with E-state index in [1.807, 2.05) is 0 Å². The summed E-state index contributed by atoms with van der Waals surface area (Å²) in [4.78, 5) is 1.35. The molecule has 16 heavy (non-hydrogen) atoms. The fourth-order valence-corrected chi connectivity index (χ4v) is 2.59. The minimum Gasteiger partial charge on any atom is -0.310 e. The van der Waals surface area contributed by atoms with Crippen LogP contribution in [0.25, 0.3) is 0 Å². The van der Waals surface area contributed by atoms with E-state index in [1.54, 1.807) is 11.8 Å². The zero-order valence-electron chi connectivity index (χ0n) is 10.2. The fourth-order valence-electron chi connectivity index (χ4n) is 2.18. The van der Waals surface area contributed by atoms with E-state index in [9.17, 15) is 0 Å². The molecule has 2 atom stereocenters. The maximum absolute atomic E-state index is 3.64. The van der Waals surface area contributed by atoms with Crippen LogP contribution in [0.15, 0.2) is 29.2 Å². The second kappa shape index (κ2) is 5.74. The average Bonchev–Trinajstić information content (AvgIpc) is 3.06. The van der Waals surface area contributed by atoms with Crippen molar-refractivity contribution in [3.05, 3.63) is 29.8 Å². The Bertz CT molecular complexity index is 320. The lowest BCUT2D eigenvalue weighted by atomic mass is 10.2. The molecule has 1 saturated carbocycles. The highest BCUT2D eigenvalue weighted by Crippen LogP contribution is 2.34. The lowest BCUT2D eigenvalue weighted by Gasteiger charge is -2.05. The van der Waals surface area contributed by atoms with Gasteiger partial charge >= 0.3 is 0 Å². The zero-order chi connectivity index (χ0) is 11.4. The Hall–Kier alpha value is -0.470. The average molecular weight is 235 g/mol. The summed E-state index contributed by atoms with van der Waals surface area (Å²) in [6.07, 6.45) is 6.22. The molecule has 1 nitrogen and oxygen atoms in total. The first-order valence-corrected chi connectivity index (χ1v) is 7.42. The molecule has 0 spiro atoms. The first-order chi connectivity index (χ1) is 7.83. The van der Waals surface area contributed by atoms with Crippen molar-refractivity contribution in [3.63, 3.8) is 0 Å². The van der Waals surface area contributed by atoms with Crippen molar-refractivity contribution in [2.24, 2.45) is 5.92 Å². The fraction of sp³-hybridized carbons (Fsp3) is 0.571. The van der Waals surface area contributed by atoms with Crippen molar-refractivity contribution in [1.29, 1.82) is 0 Å². The number of hydrogen-bond acceptors (Lipinski definition) is 2. The van der Waals surface area contributed by atoms with Gasteiger partial charge in [0.15, 0.2) is 0 Å². The standard InChI is InChI=1S/C14H21NS/c1-3-4-12-9-14(12)15-10-11-5-7-13(16-2)8-6-11/h5-8,12,14-15H,3-4,9-10H2,1-2H3. The molecule has 0 bridgehead atoms. The van der Waals surface area contributed by atoms with Crippen LogP contribution in [-0.2, 0) is 6.54 Å². The van der Waals surface area contributed by atoms with Crippen LogP contribution in [0.4, 0.5) is 0 Å². The summed E-state index contributed by atoms with van der Waals surface area (Å²) in [5.41, 5.74) is 1.40. The van der Waals surface area contributed by atoms with E-state index in [-0.39, 0.29) is 0 Å². The number of hydrogen-bond donors (Lipinski definition) is 1. The van der Waals surface area contributed by atoms with Gasteiger partial charge in [0.2, 0.25) is 0 Å². The zero-order valence-corrected chi connectivity index (χ0v) is 11.0. The second-order valence-corrected chi connectivity index (χ2v) is 5.50. The van der Waals surface area contributed by atoms with Crippen molar-refractivity contribution in [2.45, 2.75) is 43.7 Å². The molecule has 0 aromatic heterocycles. The van der Waals surface area contributed by atoms with Gasteiger partial charge in [0.1, 0.15) is 0 Å². The molecule has 0 aliphatic heterocycles. The molecule has 0 heterocycles. The van der Waals surface area contributed by atoms with E-state index in [4.69, 9.17) is 0 Å². The van der Waals surface area contributed by atoms with Gasteiger partial charge in [-0.3, -0.25) is 0 Å². The van der Waals surface area contributed by atoms with Gasteiger partial charge in [0.05, 0.1) is 0 Å². The van der Waals surface area contributed by atoms with E-state index in [0.29, 0.717) is 0 Å². The van der Waals surface area contributed by atoms with E-state index >= 15 is 0 Å². The Morgan fingerprint density at radius 2 is 2.06 bits per heavy atom. The summed E-state index contributed by atoms with van der Waals surface area (Å²) in [5.74, 6) is 0.954. The normalized spacial score (nSPS) is 23.4. The highest BCUT2D eigenvalue weighted by Gasteiger charge is 2.35. The molecule has 1 fully saturated rings. The SMILES string of the molecule is CCCC1CC1NCc1ccc(SC)cc1. The molecule has 1 aromatic rings. The van der Waals surface area contributed by atoms with Crippen LogP contribution in [0.5, 0.6) is 0 Å². The lowest BCUT2D eigenvalue weighted by molar-refractivity contribution is 0.599. The number of thioether (sulfide) groups is 1. The van der Waals surface area contributed by atoms with E-state index < -0.39 is 0 Å². The molecule has 1 aromatic carbocycles. The summed E-state index contributed by atoms with van der Waals surface area (Å²) >= 11 is 1.80. The summed E-state index contributed by atoms with van der Waals surface area (Å²) in [5, 5.41) is 3.64. The topological polar surface area (TPSA) is 12.0 Å². The van der Waals surface area contributed by atoms with Gasteiger partial charge in [0.25, 0.3) is 0 Å². The van der Waals surface area contributed by atoms with Crippen LogP contribution in [0, 0.1) is 5.92 Å². The second-order valence-electron chi connectivity index (χ2n) is 4.62. The Balaban J connectivity index is 1.73. The molecule has 2 rings (SSSR count). The maximum Gasteiger partial charge on any atom is 0.0208 e. The number of nitrogens with one attached hydrogen (secondary N) is 1. The summed E-state index contributed by atoms with van der Waals surface area (Å²) in [7, 11) is 0. The minimum absolute atomic E-state index is 0.792. The molecule has 2 unspecified atom stereocenters. The summed E-state index contributed by atoms with van der Waals surface area (Å²) < 4.78 is 0. The first kappa shape index (κ1) is 12.0. The Morgan fingerprint density at radius 1 is 1.31 bits per heavy atom. The van der Waals surface area contributed by atoms with Crippen molar-refractivity contribution >= 4 is 11.8 Å². The monoisotopic (exact) mass is 235 g/mol. The van der Waals surface area contributed by atoms with Crippen molar-refractivity contribution in [1.82, 2.24) is 5.32 Å². The third kappa shape index (κ3) is 3.26. The Morgan fingerprint density at radius 3 is 2.69 bits per heavy atom. The van der Waals surface area contributed by atoms with Gasteiger partial charge in [-0.05, 0) is 42.7 Å². The van der Waals surface area contributed by atoms with Gasteiger partial charge in [-0.2, -0.15) is 0 Å². The number of benzene rings is 1. The van der Waals surface area contributed by atoms with Gasteiger partial charge < -0.3 is 5.32 Å². The van der Waals surface area contributed by atoms with Gasteiger partial charge in [-0.1, -0.05) is 25.5 Å². The molecular formula is C14H21NS. The predicted octanol–water partition coefficient (Wildman–Crippen LogP) is 3.69. The molecule has 1 N–H and O–H groups in total. The van der Waals surface area contributed by atoms with Gasteiger partial charge in [-0.15, -0.1) is 11.8 Å². The molecule has 0 radical (unpaired) electrons. The molecule has 0 saturated heterocycles. The lowest BCUT2D eigenvalue weighted by Crippen LogP contribution is -2.17. The minimum atomic E-state index is 0.792. The van der Waals surface area contributed by atoms with Crippen molar-refractivity contribution in [2.75, 3.05) is 6.26 Å². The van der Waals surface area contributed by atoms with E-state index in [1.165, 1.54) is 29.7 Å². The van der Waals surface area contributed by atoms with Crippen molar-refractivity contribution in [3.8, 4) is 0 Å². The molecule has 1 aliphatic rings. The highest BCUT2D eigenvalue weighted by molar-refractivity contribution is 7.98. The number of rotatable bonds is 6. The molecular weight excluding hydrogens is 214 g/mol. The van der Waals surface area contributed by atoms with E-state index in [2.05, 4.69) is 42.8 Å². The van der Waals surface area contributed by atoms with E-state index in [0.717, 1.165) is 18.5 Å². The van der Waals surface area contributed by atoms with Crippen molar-refractivity contribution < 1.29 is 0 Å². The quantitative estimate of drug-likeness (QED) is 0.755. The Labute approximate surface area is 103 Å². The molecule has 88 valence electrons. The largest absolute Gasteiger partial charge is 0.310 e. The van der Waals surface area contributed by atoms with Crippen LogP contribution >= 0.6 is 11.8 Å². The smallest absolute Gasteiger partial charge is 0.0208 e. The first-order valence-electron chi connectivity index (χ1n) is 6.19. The molecule has 1 aliphatic carbocycles. The molecule has 0 amide bonds. The predicted molar refractivity (Wildman–Crippen MR) is 71.9 cm³/mol. The Kier molecular flexibility index (Phi) is 4.30. The van der Waals surface area contributed by atoms with Crippen LogP contribution in [0.3, 0.4) is 0 Å². The summed E-state index contributed by atoms with van der Waals surface area (Å²) in [6.45, 7) is 3.30. The van der Waals surface area contributed by atoms with Crippen LogP contribution in [0.2, 0.25) is 0 Å². The summed E-state index contributed by atoms with van der Waals surface area (Å²) in [6, 6.07) is 9.67. The maximum atomic E-state index is 3.64. The van der Waals surface area contributed by atoms with Gasteiger partial charge in [0, 0.05) is 17.5 Å². The third-order valence-corrected chi connectivity index (χ3v) is 4.05. The molecule has 2 heteroatoms. The van der Waals surface area contributed by atoms with Gasteiger partial charge in [-0.25, -0.2) is 0 Å².